The summed E-state index contributed by atoms with van der Waals surface area (Å²) in [6, 6.07) is 0. The van der Waals surface area contributed by atoms with E-state index in [1.165, 1.54) is 180 Å². The van der Waals surface area contributed by atoms with Gasteiger partial charge in [0.15, 0.2) is 0 Å². The molecule has 1 rings (SSSR count). The molecule has 1 aliphatic heterocycles. The first-order valence-electron chi connectivity index (χ1n) is 18.8. The first-order valence-corrected chi connectivity index (χ1v) is 18.8. The topological polar surface area (TPSA) is 21.8 Å². The number of hydrogen-bond donors (Lipinski definition) is 0. The van der Waals surface area contributed by atoms with Gasteiger partial charge in [0, 0.05) is 13.2 Å². The summed E-state index contributed by atoms with van der Waals surface area (Å²) in [5.74, 6) is 0. The van der Waals surface area contributed by atoms with E-state index >= 15 is 0 Å². The highest BCUT2D eigenvalue weighted by Crippen LogP contribution is 2.12. The van der Waals surface area contributed by atoms with E-state index in [4.69, 9.17) is 9.47 Å². The summed E-state index contributed by atoms with van der Waals surface area (Å²) in [7, 11) is 0. The van der Waals surface area contributed by atoms with Gasteiger partial charge < -0.3 is 9.47 Å². The fourth-order valence-electron chi connectivity index (χ4n) is 5.10. The van der Waals surface area contributed by atoms with Crippen LogP contribution in [0.4, 0.5) is 0 Å². The maximum absolute atomic E-state index is 5.85. The molecular weight excluding hydrogens is 500 g/mol. The summed E-state index contributed by atoms with van der Waals surface area (Å²) in [6.07, 6.45) is 48.7. The van der Waals surface area contributed by atoms with Crippen molar-refractivity contribution in [3.05, 3.63) is 24.3 Å². The lowest BCUT2D eigenvalue weighted by Gasteiger charge is -2.05. The molecule has 2 heteroatoms. The van der Waals surface area contributed by atoms with Crippen LogP contribution < -0.4 is 0 Å². The molecule has 1 aliphatic rings. The minimum atomic E-state index is 0.583. The zero-order chi connectivity index (χ0) is 29.7. The molecule has 2 nitrogen and oxygen atoms in total. The smallest absolute Gasteiger partial charge is 0.0781 e. The van der Waals surface area contributed by atoms with Crippen molar-refractivity contribution < 1.29 is 9.47 Å². The summed E-state index contributed by atoms with van der Waals surface area (Å²) in [5.41, 5.74) is 0. The van der Waals surface area contributed by atoms with E-state index in [1.807, 2.05) is 0 Å². The molecule has 0 bridgehead atoms. The van der Waals surface area contributed by atoms with Gasteiger partial charge in [-0.3, -0.25) is 0 Å². The molecule has 0 radical (unpaired) electrons. The minimum absolute atomic E-state index is 0.583. The van der Waals surface area contributed by atoms with Gasteiger partial charge in [0.25, 0.3) is 0 Å². The molecule has 0 aliphatic carbocycles. The van der Waals surface area contributed by atoms with Gasteiger partial charge in [-0.25, -0.2) is 0 Å². The third-order valence-corrected chi connectivity index (χ3v) is 8.10. The summed E-state index contributed by atoms with van der Waals surface area (Å²) >= 11 is 0. The molecule has 0 aromatic heterocycles. The van der Waals surface area contributed by atoms with Crippen LogP contribution in [0, 0.1) is 0 Å². The summed E-state index contributed by atoms with van der Waals surface area (Å²) < 4.78 is 10.6. The van der Waals surface area contributed by atoms with E-state index in [1.54, 1.807) is 0 Å². The third-order valence-electron chi connectivity index (χ3n) is 8.10. The molecule has 0 aromatic carbocycles. The van der Waals surface area contributed by atoms with Crippen LogP contribution >= 0.6 is 0 Å². The lowest BCUT2D eigenvalue weighted by molar-refractivity contribution is 0.125. The van der Waals surface area contributed by atoms with Gasteiger partial charge in [-0.2, -0.15) is 0 Å². The van der Waals surface area contributed by atoms with Crippen molar-refractivity contribution >= 4 is 0 Å². The number of hydrogen-bond acceptors (Lipinski definition) is 2. The summed E-state index contributed by atoms with van der Waals surface area (Å²) in [6.45, 7) is 9.58. The average molecular weight is 577 g/mol. The van der Waals surface area contributed by atoms with Crippen LogP contribution in [0.25, 0.3) is 0 Å². The molecule has 0 spiro atoms. The fraction of sp³-hybridized carbons (Fsp3) is 0.897. The number of rotatable bonds is 32. The zero-order valence-electron chi connectivity index (χ0n) is 28.6. The molecule has 1 atom stereocenters. The molecule has 0 amide bonds. The van der Waals surface area contributed by atoms with Crippen molar-refractivity contribution in [3.8, 4) is 0 Å². The number of ether oxygens (including phenoxy) is 2. The quantitative estimate of drug-likeness (QED) is 0.0451. The van der Waals surface area contributed by atoms with E-state index < -0.39 is 0 Å². The van der Waals surface area contributed by atoms with E-state index in [0.29, 0.717) is 6.10 Å². The molecule has 1 saturated heterocycles. The van der Waals surface area contributed by atoms with Crippen molar-refractivity contribution in [3.63, 3.8) is 0 Å². The minimum Gasteiger partial charge on any atom is -0.381 e. The van der Waals surface area contributed by atoms with Gasteiger partial charge in [-0.15, -0.1) is 0 Å². The van der Waals surface area contributed by atoms with E-state index in [9.17, 15) is 0 Å². The van der Waals surface area contributed by atoms with Gasteiger partial charge in [-0.05, 0) is 71.1 Å². The van der Waals surface area contributed by atoms with Gasteiger partial charge in [-0.1, -0.05) is 154 Å². The Hall–Kier alpha value is -0.600. The van der Waals surface area contributed by atoms with Crippen LogP contribution in [0.3, 0.4) is 0 Å². The second-order valence-corrected chi connectivity index (χ2v) is 12.6. The van der Waals surface area contributed by atoms with Crippen LogP contribution in [0.2, 0.25) is 0 Å². The van der Waals surface area contributed by atoms with E-state index in [-0.39, 0.29) is 0 Å². The van der Waals surface area contributed by atoms with Crippen LogP contribution in [-0.2, 0) is 9.47 Å². The molecule has 0 saturated carbocycles. The Labute approximate surface area is 259 Å². The van der Waals surface area contributed by atoms with Crippen molar-refractivity contribution in [2.24, 2.45) is 0 Å². The van der Waals surface area contributed by atoms with Gasteiger partial charge >= 0.3 is 0 Å². The SMILES string of the molecule is CC1CO1.CCCCCCCCC=CCCCCCCCCOCCCCCCCCC=CCCCCCCCC. The molecule has 1 heterocycles. The predicted molar refractivity (Wildman–Crippen MR) is 185 cm³/mol. The third kappa shape index (κ3) is 41.6. The lowest BCUT2D eigenvalue weighted by Crippen LogP contribution is -1.97. The van der Waals surface area contributed by atoms with Crippen LogP contribution in [0.1, 0.15) is 201 Å². The summed E-state index contributed by atoms with van der Waals surface area (Å²) in [5, 5.41) is 0. The van der Waals surface area contributed by atoms with Crippen molar-refractivity contribution in [1.29, 1.82) is 0 Å². The van der Waals surface area contributed by atoms with Crippen molar-refractivity contribution in [1.82, 2.24) is 0 Å². The highest BCUT2D eigenvalue weighted by Gasteiger charge is 2.13. The Bertz CT molecular complexity index is 468. The molecule has 1 unspecified atom stereocenters. The normalized spacial score (nSPS) is 14.7. The van der Waals surface area contributed by atoms with Crippen molar-refractivity contribution in [2.45, 2.75) is 207 Å². The van der Waals surface area contributed by atoms with Crippen molar-refractivity contribution in [2.75, 3.05) is 19.8 Å². The van der Waals surface area contributed by atoms with E-state index in [0.717, 1.165) is 19.8 Å². The highest BCUT2D eigenvalue weighted by atomic mass is 16.6. The second-order valence-electron chi connectivity index (χ2n) is 12.6. The van der Waals surface area contributed by atoms with Crippen LogP contribution in [0.15, 0.2) is 24.3 Å². The van der Waals surface area contributed by atoms with Gasteiger partial charge in [0.2, 0.25) is 0 Å². The van der Waals surface area contributed by atoms with Crippen LogP contribution in [0.5, 0.6) is 0 Å². The fourth-order valence-corrected chi connectivity index (χ4v) is 5.10. The average Bonchev–Trinajstić information content (AvgIpc) is 3.77. The number of epoxide rings is 1. The summed E-state index contributed by atoms with van der Waals surface area (Å²) in [4.78, 5) is 0. The predicted octanol–water partition coefficient (Wildman–Crippen LogP) is 13.5. The zero-order valence-corrected chi connectivity index (χ0v) is 28.6. The first-order chi connectivity index (χ1) is 20.3. The largest absolute Gasteiger partial charge is 0.381 e. The molecular formula is C39H76O2. The molecule has 1 fully saturated rings. The Morgan fingerprint density at radius 1 is 0.439 bits per heavy atom. The Balaban J connectivity index is 0.00000364. The maximum Gasteiger partial charge on any atom is 0.0781 e. The molecule has 0 N–H and O–H groups in total. The van der Waals surface area contributed by atoms with E-state index in [2.05, 4.69) is 45.1 Å². The molecule has 41 heavy (non-hydrogen) atoms. The van der Waals surface area contributed by atoms with Crippen LogP contribution in [-0.4, -0.2) is 25.9 Å². The molecule has 244 valence electrons. The number of unbranched alkanes of at least 4 members (excludes halogenated alkanes) is 24. The Morgan fingerprint density at radius 2 is 0.683 bits per heavy atom. The van der Waals surface area contributed by atoms with Gasteiger partial charge in [0.1, 0.15) is 0 Å². The highest BCUT2D eigenvalue weighted by molar-refractivity contribution is 4.82. The second kappa shape index (κ2) is 37.4. The first kappa shape index (κ1) is 40.4. The maximum atomic E-state index is 5.85. The Kier molecular flexibility index (Phi) is 36.9. The lowest BCUT2D eigenvalue weighted by atomic mass is 10.1. The monoisotopic (exact) mass is 577 g/mol. The number of allylic oxidation sites excluding steroid dienone is 4. The molecule has 0 aromatic rings. The Morgan fingerprint density at radius 3 is 0.951 bits per heavy atom. The standard InChI is InChI=1S/C36H70O.C3H6O/c1-3-5-7-9-11-13-15-17-19-21-23-25-27-29-31-33-35-37-36-34-32-30-28-26-24-22-20-18-16-14-12-10-8-6-4-2;1-3-2-4-3/h17-20H,3-16,21-36H2,1-2H3;3H,2H2,1H3. The van der Waals surface area contributed by atoms with Gasteiger partial charge in [0.05, 0.1) is 12.7 Å².